The van der Waals surface area contributed by atoms with Crippen molar-refractivity contribution in [3.05, 3.63) is 45.4 Å². The molecular formula is C19H23ClN2O3S. The van der Waals surface area contributed by atoms with Crippen LogP contribution >= 0.6 is 22.9 Å². The molecule has 0 aliphatic carbocycles. The van der Waals surface area contributed by atoms with Crippen LogP contribution in [-0.4, -0.2) is 30.0 Å². The predicted molar refractivity (Wildman–Crippen MR) is 105 cm³/mol. The quantitative estimate of drug-likeness (QED) is 0.460. The summed E-state index contributed by atoms with van der Waals surface area (Å²) in [6.45, 7) is 6.42. The molecule has 0 atom stereocenters. The zero-order valence-corrected chi connectivity index (χ0v) is 16.8. The van der Waals surface area contributed by atoms with Crippen molar-refractivity contribution < 1.29 is 14.3 Å². The summed E-state index contributed by atoms with van der Waals surface area (Å²) in [5, 5.41) is 0.892. The van der Waals surface area contributed by atoms with Crippen LogP contribution in [0.2, 0.25) is 5.02 Å². The number of unbranched alkanes of at least 4 members (excludes halogenated alkanes) is 2. The van der Waals surface area contributed by atoms with Crippen molar-refractivity contribution in [2.75, 3.05) is 18.1 Å². The van der Waals surface area contributed by atoms with Gasteiger partial charge in [0.2, 0.25) is 0 Å². The number of carbonyl (C=O) groups excluding carboxylic acids is 2. The molecule has 0 aliphatic heterocycles. The van der Waals surface area contributed by atoms with Crippen LogP contribution in [-0.2, 0) is 4.74 Å². The second kappa shape index (κ2) is 9.69. The maximum atomic E-state index is 13.1. The summed E-state index contributed by atoms with van der Waals surface area (Å²) in [5.41, 5.74) is 0.993. The third-order valence-electron chi connectivity index (χ3n) is 3.81. The fourth-order valence-electron chi connectivity index (χ4n) is 2.47. The summed E-state index contributed by atoms with van der Waals surface area (Å²) in [4.78, 5) is 31.6. The van der Waals surface area contributed by atoms with Gasteiger partial charge in [0.25, 0.3) is 5.91 Å². The Kier molecular flexibility index (Phi) is 7.60. The zero-order valence-electron chi connectivity index (χ0n) is 15.3. The van der Waals surface area contributed by atoms with E-state index in [0.29, 0.717) is 39.4 Å². The average molecular weight is 395 g/mol. The van der Waals surface area contributed by atoms with Gasteiger partial charge in [0.15, 0.2) is 5.13 Å². The van der Waals surface area contributed by atoms with Gasteiger partial charge in [0, 0.05) is 6.54 Å². The summed E-state index contributed by atoms with van der Waals surface area (Å²) < 4.78 is 5.07. The summed E-state index contributed by atoms with van der Waals surface area (Å²) in [6, 6.07) is 6.95. The first-order chi connectivity index (χ1) is 12.5. The number of benzene rings is 1. The van der Waals surface area contributed by atoms with E-state index in [2.05, 4.69) is 11.9 Å². The monoisotopic (exact) mass is 394 g/mol. The molecular weight excluding hydrogens is 372 g/mol. The van der Waals surface area contributed by atoms with E-state index in [-0.39, 0.29) is 5.91 Å². The van der Waals surface area contributed by atoms with Gasteiger partial charge < -0.3 is 4.74 Å². The number of thiazole rings is 1. The van der Waals surface area contributed by atoms with Crippen LogP contribution in [0.5, 0.6) is 0 Å². The minimum atomic E-state index is -0.410. The molecule has 0 spiro atoms. The highest BCUT2D eigenvalue weighted by Gasteiger charge is 2.25. The molecule has 2 aromatic rings. The molecule has 5 nitrogen and oxygen atoms in total. The molecule has 0 radical (unpaired) electrons. The molecule has 0 aliphatic rings. The maximum absolute atomic E-state index is 13.1. The molecule has 0 saturated carbocycles. The van der Waals surface area contributed by atoms with Crippen LogP contribution in [0.4, 0.5) is 5.13 Å². The first kappa shape index (κ1) is 20.4. The molecule has 0 N–H and O–H groups in total. The van der Waals surface area contributed by atoms with E-state index in [4.69, 9.17) is 16.3 Å². The average Bonchev–Trinajstić information content (AvgIpc) is 3.00. The molecule has 1 amide bonds. The third kappa shape index (κ3) is 4.83. The first-order valence-corrected chi connectivity index (χ1v) is 9.89. The van der Waals surface area contributed by atoms with Crippen LogP contribution in [0, 0.1) is 6.92 Å². The van der Waals surface area contributed by atoms with Crippen LogP contribution in [0.25, 0.3) is 0 Å². The Morgan fingerprint density at radius 1 is 1.23 bits per heavy atom. The molecule has 1 aromatic carbocycles. The van der Waals surface area contributed by atoms with Crippen molar-refractivity contribution >= 4 is 39.9 Å². The Hall–Kier alpha value is -1.92. The number of ether oxygens (including phenoxy) is 1. The second-order valence-electron chi connectivity index (χ2n) is 5.78. The largest absolute Gasteiger partial charge is 0.462 e. The fraction of sp³-hybridized carbons (Fsp3) is 0.421. The van der Waals surface area contributed by atoms with E-state index in [1.165, 1.54) is 11.3 Å². The summed E-state index contributed by atoms with van der Waals surface area (Å²) in [6.07, 6.45) is 2.89. The van der Waals surface area contributed by atoms with Gasteiger partial charge in [-0.2, -0.15) is 0 Å². The topological polar surface area (TPSA) is 59.5 Å². The van der Waals surface area contributed by atoms with Crippen LogP contribution in [0.1, 0.15) is 58.8 Å². The standard InChI is InChI=1S/C19H23ClN2O3S/c1-4-6-9-12-22(17(23)14-10-7-8-11-15(14)20)19-21-13(3)16(26-19)18(24)25-5-2/h7-8,10-11H,4-6,9,12H2,1-3H3. The Morgan fingerprint density at radius 2 is 1.96 bits per heavy atom. The van der Waals surface area contributed by atoms with Crippen LogP contribution in [0.3, 0.4) is 0 Å². The minimum Gasteiger partial charge on any atom is -0.462 e. The number of nitrogens with zero attached hydrogens (tertiary/aromatic N) is 2. The molecule has 7 heteroatoms. The van der Waals surface area contributed by atoms with E-state index < -0.39 is 5.97 Å². The first-order valence-electron chi connectivity index (χ1n) is 8.70. The summed E-state index contributed by atoms with van der Waals surface area (Å²) >= 11 is 7.38. The number of amides is 1. The molecule has 1 heterocycles. The van der Waals surface area contributed by atoms with Crippen LogP contribution in [0.15, 0.2) is 24.3 Å². The van der Waals surface area contributed by atoms with E-state index in [0.717, 1.165) is 19.3 Å². The lowest BCUT2D eigenvalue weighted by Crippen LogP contribution is -2.32. The van der Waals surface area contributed by atoms with Crippen molar-refractivity contribution in [2.45, 2.75) is 40.0 Å². The Morgan fingerprint density at radius 3 is 2.62 bits per heavy atom. The number of esters is 1. The van der Waals surface area contributed by atoms with Gasteiger partial charge in [0.05, 0.1) is 22.9 Å². The number of aromatic nitrogens is 1. The SMILES string of the molecule is CCCCCN(C(=O)c1ccccc1Cl)c1nc(C)c(C(=O)OCC)s1. The van der Waals surface area contributed by atoms with E-state index in [9.17, 15) is 9.59 Å². The maximum Gasteiger partial charge on any atom is 0.350 e. The number of halogens is 1. The van der Waals surface area contributed by atoms with Gasteiger partial charge >= 0.3 is 5.97 Å². The van der Waals surface area contributed by atoms with Crippen molar-refractivity contribution in [3.63, 3.8) is 0 Å². The number of aryl methyl sites for hydroxylation is 1. The number of hydrogen-bond donors (Lipinski definition) is 0. The number of rotatable bonds is 8. The minimum absolute atomic E-state index is 0.212. The Bertz CT molecular complexity index is 776. The highest BCUT2D eigenvalue weighted by atomic mass is 35.5. The molecule has 0 bridgehead atoms. The molecule has 0 fully saturated rings. The lowest BCUT2D eigenvalue weighted by atomic mass is 10.2. The molecule has 26 heavy (non-hydrogen) atoms. The van der Waals surface area contributed by atoms with Crippen molar-refractivity contribution in [1.82, 2.24) is 4.98 Å². The highest BCUT2D eigenvalue weighted by molar-refractivity contribution is 7.17. The van der Waals surface area contributed by atoms with Gasteiger partial charge in [-0.25, -0.2) is 9.78 Å². The second-order valence-corrected chi connectivity index (χ2v) is 7.16. The van der Waals surface area contributed by atoms with Crippen molar-refractivity contribution in [3.8, 4) is 0 Å². The molecule has 1 aromatic heterocycles. The highest BCUT2D eigenvalue weighted by Crippen LogP contribution is 2.29. The van der Waals surface area contributed by atoms with Gasteiger partial charge in [-0.05, 0) is 32.4 Å². The number of carbonyl (C=O) groups is 2. The van der Waals surface area contributed by atoms with Crippen molar-refractivity contribution in [1.29, 1.82) is 0 Å². The third-order valence-corrected chi connectivity index (χ3v) is 5.30. The number of anilines is 1. The fourth-order valence-corrected chi connectivity index (χ4v) is 3.67. The molecule has 0 unspecified atom stereocenters. The zero-order chi connectivity index (χ0) is 19.1. The Balaban J connectivity index is 2.36. The lowest BCUT2D eigenvalue weighted by Gasteiger charge is -2.20. The lowest BCUT2D eigenvalue weighted by molar-refractivity contribution is 0.0531. The van der Waals surface area contributed by atoms with E-state index >= 15 is 0 Å². The number of hydrogen-bond acceptors (Lipinski definition) is 5. The van der Waals surface area contributed by atoms with E-state index in [1.54, 1.807) is 43.0 Å². The Labute approximate surface area is 162 Å². The molecule has 0 saturated heterocycles. The molecule has 140 valence electrons. The predicted octanol–water partition coefficient (Wildman–Crippen LogP) is 5.12. The summed E-state index contributed by atoms with van der Waals surface area (Å²) in [7, 11) is 0. The smallest absolute Gasteiger partial charge is 0.350 e. The van der Waals surface area contributed by atoms with Gasteiger partial charge in [0.1, 0.15) is 4.88 Å². The van der Waals surface area contributed by atoms with Gasteiger partial charge in [-0.3, -0.25) is 9.69 Å². The van der Waals surface area contributed by atoms with Crippen molar-refractivity contribution in [2.24, 2.45) is 0 Å². The summed E-state index contributed by atoms with van der Waals surface area (Å²) in [5.74, 6) is -0.622. The van der Waals surface area contributed by atoms with Gasteiger partial charge in [-0.15, -0.1) is 0 Å². The van der Waals surface area contributed by atoms with Gasteiger partial charge in [-0.1, -0.05) is 54.8 Å². The van der Waals surface area contributed by atoms with E-state index in [1.807, 2.05) is 0 Å². The molecule has 2 rings (SSSR count). The normalized spacial score (nSPS) is 10.6. The van der Waals surface area contributed by atoms with Crippen LogP contribution < -0.4 is 4.90 Å².